The first-order valence-corrected chi connectivity index (χ1v) is 3.30. The van der Waals surface area contributed by atoms with Crippen LogP contribution in [0.15, 0.2) is 24.3 Å². The normalized spacial score (nSPS) is 41.0. The zero-order valence-corrected chi connectivity index (χ0v) is 4.88. The molecule has 0 unspecified atom stereocenters. The van der Waals surface area contributed by atoms with Gasteiger partial charge in [-0.05, 0) is 24.7 Å². The molecule has 0 N–H and O–H groups in total. The summed E-state index contributed by atoms with van der Waals surface area (Å²) in [6.07, 6.45) is 11.9. The van der Waals surface area contributed by atoms with Gasteiger partial charge < -0.3 is 0 Å². The second-order valence-corrected chi connectivity index (χ2v) is 2.66. The highest BCUT2D eigenvalue weighted by Gasteiger charge is 2.22. The second-order valence-electron chi connectivity index (χ2n) is 2.66. The fourth-order valence-electron chi connectivity index (χ4n) is 1.61. The number of fused-ring (bicyclic) bond motifs is 1. The number of hydrogen-bond acceptors (Lipinski definition) is 0. The summed E-state index contributed by atoms with van der Waals surface area (Å²) < 4.78 is 0. The summed E-state index contributed by atoms with van der Waals surface area (Å²) in [5.74, 6) is 1.77. The lowest BCUT2D eigenvalue weighted by atomic mass is 10.0. The molecule has 0 heterocycles. The third-order valence-corrected chi connectivity index (χ3v) is 2.13. The van der Waals surface area contributed by atoms with E-state index >= 15 is 0 Å². The highest BCUT2D eigenvalue weighted by atomic mass is 14.3. The summed E-state index contributed by atoms with van der Waals surface area (Å²) in [6.45, 7) is 0. The van der Waals surface area contributed by atoms with E-state index in [1.807, 2.05) is 0 Å². The molecule has 0 aliphatic heterocycles. The molecule has 0 saturated heterocycles. The molecule has 2 atom stereocenters. The highest BCUT2D eigenvalue weighted by molar-refractivity contribution is 5.14. The second kappa shape index (κ2) is 1.48. The van der Waals surface area contributed by atoms with E-state index in [2.05, 4.69) is 24.3 Å². The monoisotopic (exact) mass is 106 g/mol. The Bertz CT molecular complexity index is 124. The number of hydrogen-bond donors (Lipinski definition) is 0. The van der Waals surface area contributed by atoms with Gasteiger partial charge in [-0.25, -0.2) is 0 Å². The standard InChI is InChI=1S/C8H10/c1-3-7-5-2-6-8(7)4-1/h1-3,6-8H,4-5H2/t7-,8-. The molecule has 0 amide bonds. The predicted octanol–water partition coefficient (Wildman–Crippen LogP) is 2.14. The van der Waals surface area contributed by atoms with Gasteiger partial charge in [-0.2, -0.15) is 0 Å². The molecule has 42 valence electrons. The first-order chi connectivity index (χ1) is 3.97. The molecule has 0 saturated carbocycles. The van der Waals surface area contributed by atoms with Crippen LogP contribution in [-0.4, -0.2) is 0 Å². The summed E-state index contributed by atoms with van der Waals surface area (Å²) >= 11 is 0. The Morgan fingerprint density at radius 2 is 1.38 bits per heavy atom. The van der Waals surface area contributed by atoms with Gasteiger partial charge in [0.1, 0.15) is 0 Å². The van der Waals surface area contributed by atoms with Gasteiger partial charge in [-0.3, -0.25) is 0 Å². The molecule has 0 radical (unpaired) electrons. The third kappa shape index (κ3) is 0.459. The average Bonchev–Trinajstić information content (AvgIpc) is 2.15. The molecule has 0 aromatic heterocycles. The van der Waals surface area contributed by atoms with E-state index in [0.717, 1.165) is 11.8 Å². The Hall–Kier alpha value is -0.520. The minimum Gasteiger partial charge on any atom is -0.0876 e. The van der Waals surface area contributed by atoms with Gasteiger partial charge in [0.15, 0.2) is 0 Å². The fourth-order valence-corrected chi connectivity index (χ4v) is 1.61. The molecule has 0 fully saturated rings. The first kappa shape index (κ1) is 4.37. The molecule has 0 nitrogen and oxygen atoms in total. The maximum Gasteiger partial charge on any atom is -0.0133 e. The van der Waals surface area contributed by atoms with Crippen molar-refractivity contribution in [3.05, 3.63) is 24.3 Å². The van der Waals surface area contributed by atoms with E-state index in [9.17, 15) is 0 Å². The zero-order chi connectivity index (χ0) is 5.40. The van der Waals surface area contributed by atoms with Crippen molar-refractivity contribution in [2.75, 3.05) is 0 Å². The van der Waals surface area contributed by atoms with Crippen molar-refractivity contribution in [3.63, 3.8) is 0 Å². The zero-order valence-electron chi connectivity index (χ0n) is 4.88. The molecular weight excluding hydrogens is 96.1 g/mol. The molecular formula is C8H10. The van der Waals surface area contributed by atoms with Gasteiger partial charge in [0, 0.05) is 0 Å². The van der Waals surface area contributed by atoms with Gasteiger partial charge in [-0.1, -0.05) is 24.3 Å². The van der Waals surface area contributed by atoms with Crippen molar-refractivity contribution < 1.29 is 0 Å². The largest absolute Gasteiger partial charge is 0.0876 e. The Kier molecular flexibility index (Phi) is 0.806. The summed E-state index contributed by atoms with van der Waals surface area (Å²) in [6, 6.07) is 0. The van der Waals surface area contributed by atoms with Crippen LogP contribution in [0.25, 0.3) is 0 Å². The van der Waals surface area contributed by atoms with Crippen LogP contribution >= 0.6 is 0 Å². The number of allylic oxidation sites excluding steroid dienone is 4. The van der Waals surface area contributed by atoms with Gasteiger partial charge >= 0.3 is 0 Å². The van der Waals surface area contributed by atoms with Crippen molar-refractivity contribution in [2.45, 2.75) is 12.8 Å². The SMILES string of the molecule is C1=C[C@H]2CC=C[C@@H]2C1. The van der Waals surface area contributed by atoms with Crippen LogP contribution in [0.4, 0.5) is 0 Å². The highest BCUT2D eigenvalue weighted by Crippen LogP contribution is 2.33. The lowest BCUT2D eigenvalue weighted by molar-refractivity contribution is 0.551. The van der Waals surface area contributed by atoms with Crippen LogP contribution in [0.2, 0.25) is 0 Å². The Balaban J connectivity index is 2.20. The third-order valence-electron chi connectivity index (χ3n) is 2.13. The average molecular weight is 106 g/mol. The molecule has 2 aliphatic carbocycles. The van der Waals surface area contributed by atoms with E-state index in [4.69, 9.17) is 0 Å². The Morgan fingerprint density at radius 3 is 1.88 bits per heavy atom. The minimum atomic E-state index is 0.884. The van der Waals surface area contributed by atoms with Crippen molar-refractivity contribution in [1.29, 1.82) is 0 Å². The van der Waals surface area contributed by atoms with Gasteiger partial charge in [0.05, 0.1) is 0 Å². The smallest absolute Gasteiger partial charge is 0.0133 e. The van der Waals surface area contributed by atoms with Gasteiger partial charge in [-0.15, -0.1) is 0 Å². The minimum absolute atomic E-state index is 0.884. The maximum absolute atomic E-state index is 2.35. The van der Waals surface area contributed by atoms with Crippen LogP contribution in [0.1, 0.15) is 12.8 Å². The van der Waals surface area contributed by atoms with Crippen molar-refractivity contribution in [3.8, 4) is 0 Å². The summed E-state index contributed by atoms with van der Waals surface area (Å²) in [5.41, 5.74) is 0. The van der Waals surface area contributed by atoms with Crippen LogP contribution in [0, 0.1) is 11.8 Å². The quantitative estimate of drug-likeness (QED) is 0.415. The number of rotatable bonds is 0. The van der Waals surface area contributed by atoms with Crippen LogP contribution in [0.3, 0.4) is 0 Å². The summed E-state index contributed by atoms with van der Waals surface area (Å²) in [4.78, 5) is 0. The molecule has 0 heteroatoms. The molecule has 0 aromatic rings. The Labute approximate surface area is 49.9 Å². The Morgan fingerprint density at radius 1 is 0.875 bits per heavy atom. The van der Waals surface area contributed by atoms with E-state index in [1.165, 1.54) is 12.8 Å². The molecule has 8 heavy (non-hydrogen) atoms. The van der Waals surface area contributed by atoms with Crippen LogP contribution < -0.4 is 0 Å². The van der Waals surface area contributed by atoms with E-state index in [1.54, 1.807) is 0 Å². The van der Waals surface area contributed by atoms with Crippen molar-refractivity contribution in [2.24, 2.45) is 11.8 Å². The van der Waals surface area contributed by atoms with E-state index in [-0.39, 0.29) is 0 Å². The van der Waals surface area contributed by atoms with Crippen molar-refractivity contribution in [1.82, 2.24) is 0 Å². The van der Waals surface area contributed by atoms with Gasteiger partial charge in [0.2, 0.25) is 0 Å². The molecule has 0 spiro atoms. The molecule has 0 bridgehead atoms. The predicted molar refractivity (Wildman–Crippen MR) is 34.5 cm³/mol. The fraction of sp³-hybridized carbons (Fsp3) is 0.500. The lowest BCUT2D eigenvalue weighted by Gasteiger charge is -2.04. The lowest BCUT2D eigenvalue weighted by Crippen LogP contribution is -1.96. The van der Waals surface area contributed by atoms with Crippen LogP contribution in [-0.2, 0) is 0 Å². The summed E-state index contributed by atoms with van der Waals surface area (Å²) in [7, 11) is 0. The molecule has 2 aliphatic rings. The summed E-state index contributed by atoms with van der Waals surface area (Å²) in [5, 5.41) is 0. The maximum atomic E-state index is 2.35. The van der Waals surface area contributed by atoms with Gasteiger partial charge in [0.25, 0.3) is 0 Å². The first-order valence-electron chi connectivity index (χ1n) is 3.30. The molecule has 2 rings (SSSR count). The van der Waals surface area contributed by atoms with E-state index in [0.29, 0.717) is 0 Å². The van der Waals surface area contributed by atoms with Crippen LogP contribution in [0.5, 0.6) is 0 Å². The van der Waals surface area contributed by atoms with Crippen molar-refractivity contribution >= 4 is 0 Å². The molecule has 0 aromatic carbocycles. The topological polar surface area (TPSA) is 0 Å². The van der Waals surface area contributed by atoms with E-state index < -0.39 is 0 Å².